The SMILES string of the molecule is CCC1C=Nc2c(sc3ccccc23)C=N1. The van der Waals surface area contributed by atoms with Crippen LogP contribution in [-0.2, 0) is 0 Å². The largest absolute Gasteiger partial charge is 0.283 e. The van der Waals surface area contributed by atoms with Gasteiger partial charge in [-0.2, -0.15) is 0 Å². The van der Waals surface area contributed by atoms with Crippen molar-refractivity contribution in [2.45, 2.75) is 19.4 Å². The van der Waals surface area contributed by atoms with Gasteiger partial charge in [0, 0.05) is 22.5 Å². The Labute approximate surface area is 98.4 Å². The topological polar surface area (TPSA) is 24.7 Å². The summed E-state index contributed by atoms with van der Waals surface area (Å²) in [7, 11) is 0. The van der Waals surface area contributed by atoms with Gasteiger partial charge >= 0.3 is 0 Å². The molecular formula is C13H12N2S. The van der Waals surface area contributed by atoms with Crippen LogP contribution in [0.1, 0.15) is 18.2 Å². The Morgan fingerprint density at radius 1 is 1.31 bits per heavy atom. The lowest BCUT2D eigenvalue weighted by Gasteiger charge is -1.98. The zero-order valence-corrected chi connectivity index (χ0v) is 9.87. The molecule has 80 valence electrons. The first-order valence-corrected chi connectivity index (χ1v) is 6.29. The van der Waals surface area contributed by atoms with Crippen molar-refractivity contribution in [2.24, 2.45) is 9.98 Å². The molecule has 2 heterocycles. The molecule has 0 amide bonds. The smallest absolute Gasteiger partial charge is 0.0900 e. The summed E-state index contributed by atoms with van der Waals surface area (Å²) in [6.45, 7) is 2.13. The second-order valence-corrected chi connectivity index (χ2v) is 4.93. The molecule has 0 fully saturated rings. The van der Waals surface area contributed by atoms with Crippen molar-refractivity contribution in [2.75, 3.05) is 0 Å². The first kappa shape index (κ1) is 9.73. The summed E-state index contributed by atoms with van der Waals surface area (Å²) in [5, 5.41) is 1.24. The summed E-state index contributed by atoms with van der Waals surface area (Å²) in [5.41, 5.74) is 1.08. The molecule has 16 heavy (non-hydrogen) atoms. The molecule has 1 atom stereocenters. The molecule has 2 nitrogen and oxygen atoms in total. The van der Waals surface area contributed by atoms with E-state index >= 15 is 0 Å². The molecule has 3 heteroatoms. The van der Waals surface area contributed by atoms with E-state index in [1.54, 1.807) is 11.3 Å². The molecule has 1 unspecified atom stereocenters. The summed E-state index contributed by atoms with van der Waals surface area (Å²) >= 11 is 1.76. The van der Waals surface area contributed by atoms with E-state index in [0.29, 0.717) is 0 Å². The highest BCUT2D eigenvalue weighted by Crippen LogP contribution is 2.37. The van der Waals surface area contributed by atoms with Gasteiger partial charge in [-0.1, -0.05) is 25.1 Å². The third kappa shape index (κ3) is 1.48. The van der Waals surface area contributed by atoms with Crippen LogP contribution in [0, 0.1) is 0 Å². The van der Waals surface area contributed by atoms with E-state index in [1.165, 1.54) is 15.0 Å². The molecule has 1 aliphatic heterocycles. The Bertz CT molecular complexity index is 581. The van der Waals surface area contributed by atoms with Crippen LogP contribution < -0.4 is 0 Å². The summed E-state index contributed by atoms with van der Waals surface area (Å²) in [6, 6.07) is 8.62. The number of aliphatic imine (C=N–C) groups is 2. The fourth-order valence-corrected chi connectivity index (χ4v) is 2.88. The maximum atomic E-state index is 4.59. The summed E-state index contributed by atoms with van der Waals surface area (Å²) in [4.78, 5) is 10.3. The molecule has 0 spiro atoms. The number of hydrogen-bond donors (Lipinski definition) is 0. The molecule has 3 rings (SSSR count). The monoisotopic (exact) mass is 228 g/mol. The van der Waals surface area contributed by atoms with Gasteiger partial charge in [-0.15, -0.1) is 11.3 Å². The molecule has 0 aliphatic carbocycles. The van der Waals surface area contributed by atoms with Gasteiger partial charge in [0.05, 0.1) is 16.6 Å². The molecule has 0 saturated carbocycles. The highest BCUT2D eigenvalue weighted by Gasteiger charge is 2.12. The number of nitrogens with zero attached hydrogens (tertiary/aromatic N) is 2. The van der Waals surface area contributed by atoms with Crippen molar-refractivity contribution in [3.8, 4) is 0 Å². The Balaban J connectivity index is 2.21. The van der Waals surface area contributed by atoms with Crippen LogP contribution in [0.25, 0.3) is 10.1 Å². The number of thiophene rings is 1. The van der Waals surface area contributed by atoms with Crippen molar-refractivity contribution in [3.63, 3.8) is 0 Å². The zero-order valence-electron chi connectivity index (χ0n) is 9.05. The van der Waals surface area contributed by atoms with Gasteiger partial charge in [0.15, 0.2) is 0 Å². The van der Waals surface area contributed by atoms with Crippen LogP contribution in [0.5, 0.6) is 0 Å². The molecule has 0 saturated heterocycles. The van der Waals surface area contributed by atoms with Crippen molar-refractivity contribution in [1.82, 2.24) is 0 Å². The van der Waals surface area contributed by atoms with Gasteiger partial charge in [-0.3, -0.25) is 9.98 Å². The second kappa shape index (κ2) is 3.83. The minimum atomic E-state index is 0.235. The number of hydrogen-bond acceptors (Lipinski definition) is 3. The van der Waals surface area contributed by atoms with Crippen molar-refractivity contribution < 1.29 is 0 Å². The standard InChI is InChI=1S/C13H12N2S/c1-2-9-7-15-13-10-5-3-4-6-11(10)16-12(13)8-14-9/h3-9H,2H2,1H3. The van der Waals surface area contributed by atoms with Gasteiger partial charge in [-0.25, -0.2) is 0 Å². The number of benzene rings is 1. The van der Waals surface area contributed by atoms with Gasteiger partial charge in [-0.05, 0) is 12.5 Å². The molecular weight excluding hydrogens is 216 g/mol. The van der Waals surface area contributed by atoms with Gasteiger partial charge in [0.1, 0.15) is 0 Å². The van der Waals surface area contributed by atoms with E-state index < -0.39 is 0 Å². The number of fused-ring (bicyclic) bond motifs is 3. The summed E-state index contributed by atoms with van der Waals surface area (Å²) in [6.07, 6.45) is 4.94. The maximum Gasteiger partial charge on any atom is 0.0900 e. The molecule has 0 N–H and O–H groups in total. The third-order valence-electron chi connectivity index (χ3n) is 2.77. The summed E-state index contributed by atoms with van der Waals surface area (Å²) < 4.78 is 1.28. The normalized spacial score (nSPS) is 18.7. The van der Waals surface area contributed by atoms with Crippen LogP contribution in [-0.4, -0.2) is 18.5 Å². The minimum Gasteiger partial charge on any atom is -0.283 e. The Hall–Kier alpha value is -1.48. The van der Waals surface area contributed by atoms with E-state index in [9.17, 15) is 0 Å². The Kier molecular flexibility index (Phi) is 2.33. The highest BCUT2D eigenvalue weighted by molar-refractivity contribution is 7.21. The molecule has 1 aromatic carbocycles. The van der Waals surface area contributed by atoms with E-state index in [4.69, 9.17) is 0 Å². The summed E-state index contributed by atoms with van der Waals surface area (Å²) in [5.74, 6) is 0. The average molecular weight is 228 g/mol. The fourth-order valence-electron chi connectivity index (χ4n) is 1.84. The maximum absolute atomic E-state index is 4.59. The molecule has 1 aliphatic rings. The first-order valence-electron chi connectivity index (χ1n) is 5.47. The van der Waals surface area contributed by atoms with Crippen LogP contribution in [0.15, 0.2) is 34.3 Å². The van der Waals surface area contributed by atoms with E-state index in [1.807, 2.05) is 12.4 Å². The van der Waals surface area contributed by atoms with E-state index in [2.05, 4.69) is 41.2 Å². The lowest BCUT2D eigenvalue weighted by atomic mass is 10.2. The number of rotatable bonds is 1. The van der Waals surface area contributed by atoms with Crippen molar-refractivity contribution >= 4 is 39.5 Å². The van der Waals surface area contributed by atoms with Crippen LogP contribution >= 0.6 is 11.3 Å². The zero-order chi connectivity index (χ0) is 11.0. The average Bonchev–Trinajstić information content (AvgIpc) is 2.55. The lowest BCUT2D eigenvalue weighted by Crippen LogP contribution is -2.02. The Morgan fingerprint density at radius 2 is 2.19 bits per heavy atom. The van der Waals surface area contributed by atoms with Crippen molar-refractivity contribution in [3.05, 3.63) is 29.1 Å². The Morgan fingerprint density at radius 3 is 3.06 bits per heavy atom. The van der Waals surface area contributed by atoms with Crippen LogP contribution in [0.4, 0.5) is 5.69 Å². The second-order valence-electron chi connectivity index (χ2n) is 3.84. The van der Waals surface area contributed by atoms with Gasteiger partial charge in [0.25, 0.3) is 0 Å². The minimum absolute atomic E-state index is 0.235. The fraction of sp³-hybridized carbons (Fsp3) is 0.231. The molecule has 0 radical (unpaired) electrons. The highest BCUT2D eigenvalue weighted by atomic mass is 32.1. The van der Waals surface area contributed by atoms with Crippen LogP contribution in [0.2, 0.25) is 0 Å². The van der Waals surface area contributed by atoms with E-state index in [-0.39, 0.29) is 6.04 Å². The molecule has 2 aromatic rings. The van der Waals surface area contributed by atoms with Gasteiger partial charge < -0.3 is 0 Å². The van der Waals surface area contributed by atoms with E-state index in [0.717, 1.165) is 12.1 Å². The third-order valence-corrected chi connectivity index (χ3v) is 3.87. The lowest BCUT2D eigenvalue weighted by molar-refractivity contribution is 0.841. The predicted molar refractivity (Wildman–Crippen MR) is 71.7 cm³/mol. The van der Waals surface area contributed by atoms with Gasteiger partial charge in [0.2, 0.25) is 0 Å². The first-order chi connectivity index (χ1) is 7.88. The molecule has 1 aromatic heterocycles. The quantitative estimate of drug-likeness (QED) is 0.709. The molecule has 0 bridgehead atoms. The predicted octanol–water partition coefficient (Wildman–Crippen LogP) is 3.81. The van der Waals surface area contributed by atoms with Crippen molar-refractivity contribution in [1.29, 1.82) is 0 Å². The van der Waals surface area contributed by atoms with Crippen LogP contribution in [0.3, 0.4) is 0 Å².